The summed E-state index contributed by atoms with van der Waals surface area (Å²) >= 11 is 1.47. The Morgan fingerprint density at radius 3 is 2.34 bits per heavy atom. The third-order valence-corrected chi connectivity index (χ3v) is 9.88. The van der Waals surface area contributed by atoms with Crippen molar-refractivity contribution in [3.05, 3.63) is 53.1 Å². The predicted molar refractivity (Wildman–Crippen MR) is 158 cm³/mol. The maximum atomic E-state index is 13.9. The molecule has 1 aliphatic rings. The molecule has 0 bridgehead atoms. The molecule has 1 fully saturated rings. The number of aromatic nitrogens is 1. The molecule has 0 atom stereocenters. The number of ether oxygens (including phenoxy) is 1. The molecule has 4 rings (SSSR count). The molecule has 1 amide bonds. The van der Waals surface area contributed by atoms with Gasteiger partial charge in [0.05, 0.1) is 40.5 Å². The monoisotopic (exact) mass is 594 g/mol. The van der Waals surface area contributed by atoms with E-state index in [1.54, 1.807) is 4.90 Å². The Morgan fingerprint density at radius 2 is 1.71 bits per heavy atom. The second-order valence-electron chi connectivity index (χ2n) is 9.93. The summed E-state index contributed by atoms with van der Waals surface area (Å²) in [5.41, 5.74) is 3.40. The van der Waals surface area contributed by atoms with Crippen molar-refractivity contribution in [3.63, 3.8) is 0 Å². The number of carbonyl (C=O) groups excluding carboxylic acids is 1. The second kappa shape index (κ2) is 14.0. The van der Waals surface area contributed by atoms with Crippen LogP contribution in [0.3, 0.4) is 0 Å². The van der Waals surface area contributed by atoms with Crippen molar-refractivity contribution in [3.8, 4) is 12.1 Å². The summed E-state index contributed by atoms with van der Waals surface area (Å²) in [6.45, 7) is 8.47. The zero-order valence-electron chi connectivity index (χ0n) is 23.4. The summed E-state index contributed by atoms with van der Waals surface area (Å²) < 4.78 is 34.0. The number of hydrogen-bond donors (Lipinski definition) is 0. The van der Waals surface area contributed by atoms with E-state index in [9.17, 15) is 13.2 Å². The summed E-state index contributed by atoms with van der Waals surface area (Å²) in [5, 5.41) is 18.5. The van der Waals surface area contributed by atoms with Gasteiger partial charge in [-0.3, -0.25) is 14.6 Å². The lowest BCUT2D eigenvalue weighted by molar-refractivity contribution is 0.0376. The number of nitrogens with zero attached hydrogens (tertiary/aromatic N) is 6. The molecule has 0 saturated carbocycles. The van der Waals surface area contributed by atoms with Crippen molar-refractivity contribution >= 4 is 42.6 Å². The number of anilines is 1. The molecule has 1 aliphatic heterocycles. The van der Waals surface area contributed by atoms with Crippen LogP contribution in [0.2, 0.25) is 0 Å². The van der Waals surface area contributed by atoms with Gasteiger partial charge in [-0.1, -0.05) is 17.4 Å². The lowest BCUT2D eigenvalue weighted by atomic mass is 10.1. The number of carbonyl (C=O) groups is 1. The van der Waals surface area contributed by atoms with Crippen LogP contribution in [0.15, 0.2) is 41.3 Å². The summed E-state index contributed by atoms with van der Waals surface area (Å²) in [5.74, 6) is -0.254. The highest BCUT2D eigenvalue weighted by Gasteiger charge is 2.26. The van der Waals surface area contributed by atoms with Crippen molar-refractivity contribution in [1.29, 1.82) is 10.5 Å². The summed E-state index contributed by atoms with van der Waals surface area (Å²) in [4.78, 5) is 22.7. The molecule has 0 radical (unpaired) electrons. The normalized spacial score (nSPS) is 14.2. The van der Waals surface area contributed by atoms with Crippen LogP contribution < -0.4 is 4.90 Å². The first-order chi connectivity index (χ1) is 19.7. The zero-order chi connectivity index (χ0) is 29.4. The van der Waals surface area contributed by atoms with Gasteiger partial charge in [-0.25, -0.2) is 13.4 Å². The maximum Gasteiger partial charge on any atom is 0.260 e. The van der Waals surface area contributed by atoms with Crippen molar-refractivity contribution in [2.24, 2.45) is 0 Å². The lowest BCUT2D eigenvalue weighted by Gasteiger charge is -2.27. The van der Waals surface area contributed by atoms with Crippen LogP contribution in [0.5, 0.6) is 0 Å². The number of benzene rings is 2. The molecular formula is C29H34N6O4S2. The number of nitriles is 2. The summed E-state index contributed by atoms with van der Waals surface area (Å²) in [6, 6.07) is 13.9. The highest BCUT2D eigenvalue weighted by molar-refractivity contribution is 7.89. The Bertz CT molecular complexity index is 1530. The highest BCUT2D eigenvalue weighted by atomic mass is 32.2. The van der Waals surface area contributed by atoms with Crippen LogP contribution in [0.4, 0.5) is 5.13 Å². The molecule has 1 saturated heterocycles. The van der Waals surface area contributed by atoms with E-state index in [4.69, 9.17) is 20.2 Å². The number of fused-ring (bicyclic) bond motifs is 1. The number of thiazole rings is 1. The first-order valence-electron chi connectivity index (χ1n) is 13.6. The molecule has 216 valence electrons. The fraction of sp³-hybridized carbons (Fsp3) is 0.448. The number of rotatable bonds is 12. The Hall–Kier alpha value is -3.39. The van der Waals surface area contributed by atoms with Gasteiger partial charge in [-0.15, -0.1) is 0 Å². The minimum absolute atomic E-state index is 0.00534. The quantitative estimate of drug-likeness (QED) is 0.306. The van der Waals surface area contributed by atoms with E-state index in [0.717, 1.165) is 51.7 Å². The SMILES string of the molecule is Cc1cc(C)c2nc(N(CCCN3CCOCC3)C(=O)c3ccc(S(=O)(=O)N(CCC#N)CCC#N)cc3)sc2c1. The van der Waals surface area contributed by atoms with E-state index in [-0.39, 0.29) is 36.7 Å². The number of morpholine rings is 1. The fourth-order valence-corrected chi connectivity index (χ4v) is 7.42. The van der Waals surface area contributed by atoms with Gasteiger partial charge >= 0.3 is 0 Å². The van der Waals surface area contributed by atoms with Gasteiger partial charge in [0, 0.05) is 57.7 Å². The van der Waals surface area contributed by atoms with E-state index in [1.165, 1.54) is 35.6 Å². The van der Waals surface area contributed by atoms with Crippen LogP contribution in [0, 0.1) is 36.5 Å². The van der Waals surface area contributed by atoms with Crippen LogP contribution >= 0.6 is 11.3 Å². The molecular weight excluding hydrogens is 560 g/mol. The van der Waals surface area contributed by atoms with Crippen LogP contribution in [-0.2, 0) is 14.8 Å². The Kier molecular flexibility index (Phi) is 10.4. The van der Waals surface area contributed by atoms with Crippen LogP contribution in [0.25, 0.3) is 10.2 Å². The minimum atomic E-state index is -3.93. The Labute approximate surface area is 245 Å². The molecule has 1 aromatic heterocycles. The van der Waals surface area contributed by atoms with Crippen molar-refractivity contribution in [2.75, 3.05) is 57.4 Å². The van der Waals surface area contributed by atoms with E-state index >= 15 is 0 Å². The maximum absolute atomic E-state index is 13.9. The Morgan fingerprint density at radius 1 is 1.05 bits per heavy atom. The molecule has 0 N–H and O–H groups in total. The molecule has 0 unspecified atom stereocenters. The lowest BCUT2D eigenvalue weighted by Crippen LogP contribution is -2.39. The van der Waals surface area contributed by atoms with Gasteiger partial charge in [0.15, 0.2) is 5.13 Å². The third kappa shape index (κ3) is 7.47. The van der Waals surface area contributed by atoms with Crippen molar-refractivity contribution in [2.45, 2.75) is 38.0 Å². The molecule has 41 heavy (non-hydrogen) atoms. The van der Waals surface area contributed by atoms with Crippen LogP contribution in [0.1, 0.15) is 40.7 Å². The molecule has 2 aromatic carbocycles. The highest BCUT2D eigenvalue weighted by Crippen LogP contribution is 2.33. The smallest absolute Gasteiger partial charge is 0.260 e. The minimum Gasteiger partial charge on any atom is -0.379 e. The molecule has 0 spiro atoms. The molecule has 0 aliphatic carbocycles. The molecule has 3 aromatic rings. The average molecular weight is 595 g/mol. The molecule has 12 heteroatoms. The van der Waals surface area contributed by atoms with Gasteiger partial charge in [-0.05, 0) is 61.7 Å². The number of amides is 1. The predicted octanol–water partition coefficient (Wildman–Crippen LogP) is 4.10. The van der Waals surface area contributed by atoms with Gasteiger partial charge < -0.3 is 4.74 Å². The largest absolute Gasteiger partial charge is 0.379 e. The number of sulfonamides is 1. The zero-order valence-corrected chi connectivity index (χ0v) is 25.0. The van der Waals surface area contributed by atoms with Gasteiger partial charge in [-0.2, -0.15) is 14.8 Å². The number of aryl methyl sites for hydroxylation is 2. The fourth-order valence-electron chi connectivity index (χ4n) is 4.81. The molecule has 10 nitrogen and oxygen atoms in total. The van der Waals surface area contributed by atoms with Gasteiger partial charge in [0.1, 0.15) is 0 Å². The van der Waals surface area contributed by atoms with E-state index in [0.29, 0.717) is 30.5 Å². The first kappa shape index (κ1) is 30.6. The summed E-state index contributed by atoms with van der Waals surface area (Å²) in [6.07, 6.45) is 0.780. The van der Waals surface area contributed by atoms with Crippen molar-refractivity contribution < 1.29 is 17.9 Å². The topological polar surface area (TPSA) is 131 Å². The van der Waals surface area contributed by atoms with E-state index in [1.807, 2.05) is 26.0 Å². The van der Waals surface area contributed by atoms with Crippen molar-refractivity contribution in [1.82, 2.24) is 14.2 Å². The van der Waals surface area contributed by atoms with E-state index < -0.39 is 10.0 Å². The third-order valence-electron chi connectivity index (χ3n) is 6.94. The standard InChI is InChI=1S/C29H34N6O4S2/c1-22-20-23(2)27-26(21-22)40-29(32-27)35(15-5-12-33-16-18-39-19-17-33)28(36)24-6-8-25(9-7-24)41(37,38)34(13-3-10-30)14-4-11-31/h6-9,20-21H,3-5,12-19H2,1-2H3. The average Bonchev–Trinajstić information content (AvgIpc) is 3.39. The van der Waals surface area contributed by atoms with E-state index in [2.05, 4.69) is 17.0 Å². The molecule has 2 heterocycles. The Balaban J connectivity index is 1.59. The van der Waals surface area contributed by atoms with Crippen LogP contribution in [-0.4, -0.2) is 81.0 Å². The first-order valence-corrected chi connectivity index (χ1v) is 15.8. The summed E-state index contributed by atoms with van der Waals surface area (Å²) in [7, 11) is -3.93. The van der Waals surface area contributed by atoms with Gasteiger partial charge in [0.25, 0.3) is 5.91 Å². The number of hydrogen-bond acceptors (Lipinski definition) is 9. The second-order valence-corrected chi connectivity index (χ2v) is 12.9. The van der Waals surface area contributed by atoms with Gasteiger partial charge in [0.2, 0.25) is 10.0 Å².